The van der Waals surface area contributed by atoms with Gasteiger partial charge in [-0.05, 0) is 67.9 Å². The molecule has 0 bridgehead atoms. The number of amides is 1. The standard InChI is InChI=1S/C22H21BrN2O3S/c1-16-6-12-21(13-7-16)29(27,28)25(20-10-8-18(23)9-11-20)15-22(26)24-19-5-3-4-17(2)14-19/h3-14H,15H2,1-2H3,(H,24,26). The molecule has 3 aromatic carbocycles. The van der Waals surface area contributed by atoms with Gasteiger partial charge in [0, 0.05) is 10.2 Å². The molecule has 0 atom stereocenters. The zero-order chi connectivity index (χ0) is 21.0. The minimum Gasteiger partial charge on any atom is -0.325 e. The third-order valence-corrected chi connectivity index (χ3v) is 6.63. The van der Waals surface area contributed by atoms with Crippen molar-refractivity contribution < 1.29 is 13.2 Å². The molecular weight excluding hydrogens is 452 g/mol. The summed E-state index contributed by atoms with van der Waals surface area (Å²) in [4.78, 5) is 12.8. The summed E-state index contributed by atoms with van der Waals surface area (Å²) in [5.41, 5.74) is 2.99. The lowest BCUT2D eigenvalue weighted by molar-refractivity contribution is -0.114. The molecule has 0 saturated heterocycles. The first-order valence-electron chi connectivity index (χ1n) is 8.97. The van der Waals surface area contributed by atoms with Crippen molar-refractivity contribution >= 4 is 43.2 Å². The smallest absolute Gasteiger partial charge is 0.264 e. The molecule has 0 fully saturated rings. The Hall–Kier alpha value is -2.64. The first-order chi connectivity index (χ1) is 13.8. The van der Waals surface area contributed by atoms with Crippen molar-refractivity contribution in [3.05, 3.63) is 88.4 Å². The molecule has 0 aliphatic heterocycles. The van der Waals surface area contributed by atoms with Crippen LogP contribution in [0.25, 0.3) is 0 Å². The van der Waals surface area contributed by atoms with E-state index in [2.05, 4.69) is 21.2 Å². The van der Waals surface area contributed by atoms with Crippen LogP contribution in [0.15, 0.2) is 82.2 Å². The van der Waals surface area contributed by atoms with E-state index in [-0.39, 0.29) is 11.4 Å². The molecule has 0 saturated carbocycles. The van der Waals surface area contributed by atoms with Crippen molar-refractivity contribution in [2.24, 2.45) is 0 Å². The number of nitrogens with one attached hydrogen (secondary N) is 1. The van der Waals surface area contributed by atoms with Gasteiger partial charge in [0.25, 0.3) is 10.0 Å². The fourth-order valence-electron chi connectivity index (χ4n) is 2.81. The number of hydrogen-bond acceptors (Lipinski definition) is 3. The first kappa shape index (κ1) is 21.1. The van der Waals surface area contributed by atoms with Gasteiger partial charge in [-0.25, -0.2) is 8.42 Å². The lowest BCUT2D eigenvalue weighted by atomic mass is 10.2. The maximum Gasteiger partial charge on any atom is 0.264 e. The molecule has 1 amide bonds. The summed E-state index contributed by atoms with van der Waals surface area (Å²) in [5.74, 6) is -0.422. The number of carbonyl (C=O) groups excluding carboxylic acids is 1. The normalized spacial score (nSPS) is 11.1. The molecule has 0 aliphatic carbocycles. The summed E-state index contributed by atoms with van der Waals surface area (Å²) < 4.78 is 28.5. The van der Waals surface area contributed by atoms with Crippen molar-refractivity contribution in [1.29, 1.82) is 0 Å². The van der Waals surface area contributed by atoms with Crippen molar-refractivity contribution in [2.45, 2.75) is 18.7 Å². The maximum absolute atomic E-state index is 13.3. The molecule has 0 spiro atoms. The van der Waals surface area contributed by atoms with Crippen molar-refractivity contribution in [1.82, 2.24) is 0 Å². The van der Waals surface area contributed by atoms with Crippen LogP contribution in [0.2, 0.25) is 0 Å². The highest BCUT2D eigenvalue weighted by Gasteiger charge is 2.27. The van der Waals surface area contributed by atoms with Crippen molar-refractivity contribution in [2.75, 3.05) is 16.2 Å². The number of carbonyl (C=O) groups is 1. The second-order valence-electron chi connectivity index (χ2n) is 6.72. The van der Waals surface area contributed by atoms with E-state index in [4.69, 9.17) is 0 Å². The van der Waals surface area contributed by atoms with Crippen molar-refractivity contribution in [3.63, 3.8) is 0 Å². The monoisotopic (exact) mass is 472 g/mol. The number of anilines is 2. The predicted octanol–water partition coefficient (Wildman–Crippen LogP) is 4.90. The summed E-state index contributed by atoms with van der Waals surface area (Å²) >= 11 is 3.35. The second kappa shape index (κ2) is 8.80. The number of halogens is 1. The van der Waals surface area contributed by atoms with E-state index >= 15 is 0 Å². The van der Waals surface area contributed by atoms with Crippen LogP contribution in [0.1, 0.15) is 11.1 Å². The van der Waals surface area contributed by atoms with E-state index in [1.54, 1.807) is 54.6 Å². The van der Waals surface area contributed by atoms with Gasteiger partial charge >= 0.3 is 0 Å². The average molecular weight is 473 g/mol. The molecule has 7 heteroatoms. The Morgan fingerprint density at radius 1 is 0.931 bits per heavy atom. The summed E-state index contributed by atoms with van der Waals surface area (Å²) in [5, 5.41) is 2.77. The molecule has 0 aromatic heterocycles. The molecule has 3 aromatic rings. The fourth-order valence-corrected chi connectivity index (χ4v) is 4.50. The highest BCUT2D eigenvalue weighted by atomic mass is 79.9. The zero-order valence-electron chi connectivity index (χ0n) is 16.1. The van der Waals surface area contributed by atoms with Crippen LogP contribution in [-0.2, 0) is 14.8 Å². The van der Waals surface area contributed by atoms with Crippen LogP contribution in [0.5, 0.6) is 0 Å². The Labute approximate surface area is 179 Å². The van der Waals surface area contributed by atoms with E-state index < -0.39 is 15.9 Å². The second-order valence-corrected chi connectivity index (χ2v) is 9.50. The Morgan fingerprint density at radius 2 is 1.59 bits per heavy atom. The SMILES string of the molecule is Cc1ccc(S(=O)(=O)N(CC(=O)Nc2cccc(C)c2)c2ccc(Br)cc2)cc1. The quantitative estimate of drug-likeness (QED) is 0.554. The first-order valence-corrected chi connectivity index (χ1v) is 11.2. The van der Waals surface area contributed by atoms with Crippen LogP contribution < -0.4 is 9.62 Å². The third-order valence-electron chi connectivity index (χ3n) is 4.31. The molecule has 0 radical (unpaired) electrons. The van der Waals surface area contributed by atoms with Gasteiger partial charge in [0.1, 0.15) is 6.54 Å². The summed E-state index contributed by atoms with van der Waals surface area (Å²) in [6, 6.07) is 20.7. The Bertz CT molecular complexity index is 1110. The number of aryl methyl sites for hydroxylation is 2. The number of hydrogen-bond donors (Lipinski definition) is 1. The van der Waals surface area contributed by atoms with E-state index in [0.29, 0.717) is 11.4 Å². The molecule has 5 nitrogen and oxygen atoms in total. The summed E-state index contributed by atoms with van der Waals surface area (Å²) in [6.45, 7) is 3.47. The van der Waals surface area contributed by atoms with Gasteiger partial charge in [-0.15, -0.1) is 0 Å². The van der Waals surface area contributed by atoms with Gasteiger partial charge < -0.3 is 5.32 Å². The van der Waals surface area contributed by atoms with Gasteiger partial charge in [-0.3, -0.25) is 9.10 Å². The molecule has 150 valence electrons. The highest BCUT2D eigenvalue weighted by Crippen LogP contribution is 2.25. The number of benzene rings is 3. The fraction of sp³-hybridized carbons (Fsp3) is 0.136. The van der Waals surface area contributed by atoms with Crippen LogP contribution in [0.3, 0.4) is 0 Å². The Morgan fingerprint density at radius 3 is 2.21 bits per heavy atom. The zero-order valence-corrected chi connectivity index (χ0v) is 18.5. The summed E-state index contributed by atoms with van der Waals surface area (Å²) in [7, 11) is -3.92. The Balaban J connectivity index is 1.93. The van der Waals surface area contributed by atoms with E-state index in [9.17, 15) is 13.2 Å². The number of sulfonamides is 1. The highest BCUT2D eigenvalue weighted by molar-refractivity contribution is 9.10. The molecule has 0 heterocycles. The van der Waals surface area contributed by atoms with E-state index in [1.807, 2.05) is 32.0 Å². The van der Waals surface area contributed by atoms with Gasteiger partial charge in [-0.1, -0.05) is 45.8 Å². The molecule has 1 N–H and O–H groups in total. The predicted molar refractivity (Wildman–Crippen MR) is 120 cm³/mol. The average Bonchev–Trinajstić information content (AvgIpc) is 2.67. The van der Waals surface area contributed by atoms with E-state index in [0.717, 1.165) is 19.9 Å². The van der Waals surface area contributed by atoms with Gasteiger partial charge in [0.05, 0.1) is 10.6 Å². The molecular formula is C22H21BrN2O3S. The van der Waals surface area contributed by atoms with Gasteiger partial charge in [-0.2, -0.15) is 0 Å². The van der Waals surface area contributed by atoms with Gasteiger partial charge in [0.2, 0.25) is 5.91 Å². The maximum atomic E-state index is 13.3. The number of nitrogens with zero attached hydrogens (tertiary/aromatic N) is 1. The van der Waals surface area contributed by atoms with Crippen molar-refractivity contribution in [3.8, 4) is 0 Å². The minimum atomic E-state index is -3.92. The lowest BCUT2D eigenvalue weighted by Gasteiger charge is -2.24. The third kappa shape index (κ3) is 5.25. The van der Waals surface area contributed by atoms with Gasteiger partial charge in [0.15, 0.2) is 0 Å². The molecule has 0 aliphatic rings. The van der Waals surface area contributed by atoms with E-state index in [1.165, 1.54) is 0 Å². The largest absolute Gasteiger partial charge is 0.325 e. The minimum absolute atomic E-state index is 0.134. The van der Waals surface area contributed by atoms with Crippen LogP contribution in [0, 0.1) is 13.8 Å². The van der Waals surface area contributed by atoms with Crippen LogP contribution in [-0.4, -0.2) is 20.9 Å². The van der Waals surface area contributed by atoms with Crippen LogP contribution in [0.4, 0.5) is 11.4 Å². The lowest BCUT2D eigenvalue weighted by Crippen LogP contribution is -2.38. The molecule has 3 rings (SSSR count). The topological polar surface area (TPSA) is 66.5 Å². The van der Waals surface area contributed by atoms with Crippen LogP contribution >= 0.6 is 15.9 Å². The molecule has 0 unspecified atom stereocenters. The number of rotatable bonds is 6. The Kier molecular flexibility index (Phi) is 6.39. The summed E-state index contributed by atoms with van der Waals surface area (Å²) in [6.07, 6.45) is 0. The molecule has 29 heavy (non-hydrogen) atoms.